The van der Waals surface area contributed by atoms with Gasteiger partial charge in [0, 0.05) is 18.8 Å². The summed E-state index contributed by atoms with van der Waals surface area (Å²) in [7, 11) is 0. The molecule has 0 saturated carbocycles. The molecule has 1 atom stereocenters. The van der Waals surface area contributed by atoms with Crippen LogP contribution in [0.1, 0.15) is 53.8 Å². The van der Waals surface area contributed by atoms with Crippen molar-refractivity contribution < 1.29 is 4.79 Å². The van der Waals surface area contributed by atoms with Crippen LogP contribution >= 0.6 is 0 Å². The molecule has 1 aliphatic heterocycles. The van der Waals surface area contributed by atoms with Gasteiger partial charge in [-0.15, -0.1) is 0 Å². The molecule has 3 rings (SSSR count). The zero-order valence-corrected chi connectivity index (χ0v) is 15.2. The van der Waals surface area contributed by atoms with Gasteiger partial charge in [0.1, 0.15) is 0 Å². The summed E-state index contributed by atoms with van der Waals surface area (Å²) in [4.78, 5) is 15.3. The molecule has 134 valence electrons. The number of amides is 1. The van der Waals surface area contributed by atoms with Crippen molar-refractivity contribution in [2.75, 3.05) is 19.6 Å². The number of likely N-dealkylation sites (tertiary alicyclic amines) is 1. The first-order valence-electron chi connectivity index (χ1n) is 9.29. The van der Waals surface area contributed by atoms with Gasteiger partial charge in [0.15, 0.2) is 0 Å². The van der Waals surface area contributed by atoms with Crippen LogP contribution in [-0.2, 0) is 6.54 Å². The second-order valence-electron chi connectivity index (χ2n) is 6.81. The fourth-order valence-electron chi connectivity index (χ4n) is 3.49. The minimum atomic E-state index is -0.0343. The van der Waals surface area contributed by atoms with E-state index >= 15 is 0 Å². The summed E-state index contributed by atoms with van der Waals surface area (Å²) in [6.07, 6.45) is 5.19. The van der Waals surface area contributed by atoms with E-state index in [1.54, 1.807) is 6.20 Å². The van der Waals surface area contributed by atoms with E-state index in [2.05, 4.69) is 34.4 Å². The van der Waals surface area contributed by atoms with E-state index in [4.69, 9.17) is 0 Å². The predicted molar refractivity (Wildman–Crippen MR) is 99.6 cm³/mol. The highest BCUT2D eigenvalue weighted by molar-refractivity contribution is 5.95. The van der Waals surface area contributed by atoms with Gasteiger partial charge in [-0.3, -0.25) is 9.48 Å². The monoisotopic (exact) mass is 340 g/mol. The normalized spacial score (nSPS) is 16.1. The molecule has 1 amide bonds. The van der Waals surface area contributed by atoms with E-state index in [0.29, 0.717) is 5.56 Å². The van der Waals surface area contributed by atoms with Crippen LogP contribution in [0, 0.1) is 6.92 Å². The Balaban J connectivity index is 1.76. The molecule has 25 heavy (non-hydrogen) atoms. The Hall–Kier alpha value is -2.14. The lowest BCUT2D eigenvalue weighted by Crippen LogP contribution is -2.37. The molecular weight excluding hydrogens is 312 g/mol. The van der Waals surface area contributed by atoms with Crippen molar-refractivity contribution in [3.05, 3.63) is 53.3 Å². The molecule has 0 unspecified atom stereocenters. The van der Waals surface area contributed by atoms with Gasteiger partial charge in [-0.2, -0.15) is 5.10 Å². The second kappa shape index (κ2) is 8.30. The van der Waals surface area contributed by atoms with Crippen molar-refractivity contribution in [1.82, 2.24) is 20.0 Å². The van der Waals surface area contributed by atoms with Gasteiger partial charge in [0.2, 0.25) is 0 Å². The molecule has 0 spiro atoms. The molecule has 5 nitrogen and oxygen atoms in total. The zero-order valence-electron chi connectivity index (χ0n) is 15.2. The van der Waals surface area contributed by atoms with Crippen LogP contribution < -0.4 is 5.32 Å². The maximum absolute atomic E-state index is 12.9. The Labute approximate surface area is 150 Å². The molecule has 1 saturated heterocycles. The van der Waals surface area contributed by atoms with Gasteiger partial charge in [0.25, 0.3) is 5.91 Å². The minimum Gasteiger partial charge on any atom is -0.344 e. The largest absolute Gasteiger partial charge is 0.344 e. The number of rotatable bonds is 7. The predicted octanol–water partition coefficient (Wildman–Crippen LogP) is 3.17. The molecule has 0 bridgehead atoms. The highest BCUT2D eigenvalue weighted by Crippen LogP contribution is 2.19. The summed E-state index contributed by atoms with van der Waals surface area (Å²) >= 11 is 0. The molecule has 2 aromatic rings. The van der Waals surface area contributed by atoms with Gasteiger partial charge in [-0.1, -0.05) is 37.3 Å². The summed E-state index contributed by atoms with van der Waals surface area (Å²) in [5.74, 6) is -0.0343. The van der Waals surface area contributed by atoms with Gasteiger partial charge < -0.3 is 10.2 Å². The number of aromatic nitrogens is 2. The Bertz CT molecular complexity index is 689. The fourth-order valence-corrected chi connectivity index (χ4v) is 3.49. The van der Waals surface area contributed by atoms with Crippen molar-refractivity contribution in [3.63, 3.8) is 0 Å². The van der Waals surface area contributed by atoms with Crippen molar-refractivity contribution >= 4 is 5.91 Å². The van der Waals surface area contributed by atoms with Gasteiger partial charge >= 0.3 is 0 Å². The van der Waals surface area contributed by atoms with Crippen LogP contribution in [0.3, 0.4) is 0 Å². The first-order chi connectivity index (χ1) is 12.2. The lowest BCUT2D eigenvalue weighted by molar-refractivity contribution is 0.0926. The second-order valence-corrected chi connectivity index (χ2v) is 6.81. The number of carbonyl (C=O) groups is 1. The number of aryl methyl sites for hydroxylation is 1. The van der Waals surface area contributed by atoms with Gasteiger partial charge in [-0.05, 0) is 44.8 Å². The molecule has 1 aliphatic rings. The van der Waals surface area contributed by atoms with Crippen LogP contribution in [0.5, 0.6) is 0 Å². The first kappa shape index (κ1) is 17.7. The highest BCUT2D eigenvalue weighted by Gasteiger charge is 2.22. The van der Waals surface area contributed by atoms with Crippen LogP contribution in [0.2, 0.25) is 0 Å². The third kappa shape index (κ3) is 4.28. The highest BCUT2D eigenvalue weighted by atomic mass is 16.1. The van der Waals surface area contributed by atoms with Crippen LogP contribution in [0.25, 0.3) is 0 Å². The fraction of sp³-hybridized carbons (Fsp3) is 0.500. The summed E-state index contributed by atoms with van der Waals surface area (Å²) in [5, 5.41) is 7.59. The molecule has 1 aromatic heterocycles. The van der Waals surface area contributed by atoms with Crippen molar-refractivity contribution in [3.8, 4) is 0 Å². The maximum atomic E-state index is 12.9. The van der Waals surface area contributed by atoms with Crippen LogP contribution in [-0.4, -0.2) is 40.2 Å². The number of hydrogen-bond donors (Lipinski definition) is 1. The maximum Gasteiger partial charge on any atom is 0.255 e. The Morgan fingerprint density at radius 1 is 1.24 bits per heavy atom. The molecule has 1 N–H and O–H groups in total. The summed E-state index contributed by atoms with van der Waals surface area (Å²) < 4.78 is 1.91. The molecule has 0 radical (unpaired) electrons. The van der Waals surface area contributed by atoms with Crippen molar-refractivity contribution in [1.29, 1.82) is 0 Å². The Kier molecular flexibility index (Phi) is 5.87. The number of carbonyl (C=O) groups excluding carboxylic acids is 1. The number of nitrogens with one attached hydrogen (secondary N) is 1. The average Bonchev–Trinajstić information content (AvgIpc) is 3.26. The molecular formula is C20H28N4O. The van der Waals surface area contributed by atoms with Gasteiger partial charge in [0.05, 0.1) is 17.8 Å². The van der Waals surface area contributed by atoms with E-state index < -0.39 is 0 Å². The molecule has 1 fully saturated rings. The number of nitrogens with zero attached hydrogens (tertiary/aromatic N) is 3. The lowest BCUT2D eigenvalue weighted by atomic mass is 10.1. The molecule has 0 aliphatic carbocycles. The number of benzene rings is 1. The van der Waals surface area contributed by atoms with E-state index in [1.165, 1.54) is 12.8 Å². The van der Waals surface area contributed by atoms with Gasteiger partial charge in [-0.25, -0.2) is 0 Å². The average molecular weight is 340 g/mol. The Morgan fingerprint density at radius 2 is 1.96 bits per heavy atom. The van der Waals surface area contributed by atoms with Crippen LogP contribution in [0.15, 0.2) is 36.5 Å². The van der Waals surface area contributed by atoms with E-state index in [1.807, 2.05) is 29.8 Å². The standard InChI is InChI=1S/C20H28N4O/c1-3-11-24-16(2)18(14-21-24)20(25)22-19(15-23-12-7-8-13-23)17-9-5-4-6-10-17/h4-6,9-10,14,19H,3,7-8,11-13,15H2,1-2H3,(H,22,25)/t19-/m1/s1. The Morgan fingerprint density at radius 3 is 2.64 bits per heavy atom. The van der Waals surface area contributed by atoms with Crippen molar-refractivity contribution in [2.24, 2.45) is 0 Å². The molecule has 5 heteroatoms. The molecule has 1 aromatic carbocycles. The first-order valence-corrected chi connectivity index (χ1v) is 9.29. The summed E-state index contributed by atoms with van der Waals surface area (Å²) in [6.45, 7) is 8.02. The SMILES string of the molecule is CCCn1ncc(C(=O)N[C@H](CN2CCCC2)c2ccccc2)c1C. The summed E-state index contributed by atoms with van der Waals surface area (Å²) in [6, 6.07) is 10.3. The van der Waals surface area contributed by atoms with E-state index in [0.717, 1.165) is 43.9 Å². The van der Waals surface area contributed by atoms with Crippen LogP contribution in [0.4, 0.5) is 0 Å². The third-order valence-corrected chi connectivity index (χ3v) is 4.93. The minimum absolute atomic E-state index is 0.000671. The van der Waals surface area contributed by atoms with Crippen molar-refractivity contribution in [2.45, 2.75) is 45.7 Å². The number of hydrogen-bond acceptors (Lipinski definition) is 3. The smallest absolute Gasteiger partial charge is 0.255 e. The molecule has 2 heterocycles. The summed E-state index contributed by atoms with van der Waals surface area (Å²) in [5.41, 5.74) is 2.77. The quantitative estimate of drug-likeness (QED) is 0.842. The van der Waals surface area contributed by atoms with E-state index in [9.17, 15) is 4.79 Å². The van der Waals surface area contributed by atoms with E-state index in [-0.39, 0.29) is 11.9 Å². The lowest BCUT2D eigenvalue weighted by Gasteiger charge is -2.25. The topological polar surface area (TPSA) is 50.2 Å². The third-order valence-electron chi connectivity index (χ3n) is 4.93. The zero-order chi connectivity index (χ0) is 17.6.